The van der Waals surface area contributed by atoms with Crippen molar-refractivity contribution >= 4 is 23.2 Å². The molecular weight excluding hydrogens is 372 g/mol. The second kappa shape index (κ2) is 8.27. The molecule has 1 aliphatic heterocycles. The Balaban J connectivity index is 1.39. The first kappa shape index (κ1) is 18.3. The number of thiophene rings is 1. The van der Waals surface area contributed by atoms with E-state index < -0.39 is 0 Å². The Morgan fingerprint density at radius 2 is 1.43 bits per heavy atom. The smallest absolute Gasteiger partial charge is 0.264 e. The number of nitrogens with zero attached hydrogens (tertiary/aromatic N) is 2. The van der Waals surface area contributed by atoms with Crippen LogP contribution in [-0.4, -0.2) is 47.8 Å². The van der Waals surface area contributed by atoms with Crippen molar-refractivity contribution in [3.63, 3.8) is 0 Å². The zero-order valence-electron chi connectivity index (χ0n) is 15.3. The van der Waals surface area contributed by atoms with E-state index in [0.717, 1.165) is 10.6 Å². The molecule has 28 heavy (non-hydrogen) atoms. The van der Waals surface area contributed by atoms with Crippen LogP contribution in [0.15, 0.2) is 72.1 Å². The maximum absolute atomic E-state index is 12.9. The molecule has 2 aromatic carbocycles. The number of piperazine rings is 1. The second-order valence-electron chi connectivity index (χ2n) is 6.50. The Hall–Kier alpha value is -3.12. The van der Waals surface area contributed by atoms with Crippen LogP contribution in [-0.2, 0) is 0 Å². The van der Waals surface area contributed by atoms with Gasteiger partial charge in [0.25, 0.3) is 11.8 Å². The molecule has 3 aromatic rings. The highest BCUT2D eigenvalue weighted by Crippen LogP contribution is 2.23. The number of amides is 2. The summed E-state index contributed by atoms with van der Waals surface area (Å²) in [5.41, 5.74) is 0.589. The average molecular weight is 392 g/mol. The van der Waals surface area contributed by atoms with E-state index in [2.05, 4.69) is 0 Å². The van der Waals surface area contributed by atoms with Crippen molar-refractivity contribution in [3.8, 4) is 11.5 Å². The second-order valence-corrected chi connectivity index (χ2v) is 7.45. The van der Waals surface area contributed by atoms with Crippen LogP contribution in [0.5, 0.6) is 11.5 Å². The van der Waals surface area contributed by atoms with Gasteiger partial charge in [-0.15, -0.1) is 11.3 Å². The summed E-state index contributed by atoms with van der Waals surface area (Å²) in [6.45, 7) is 2.14. The van der Waals surface area contributed by atoms with Gasteiger partial charge in [-0.2, -0.15) is 0 Å². The normalized spacial score (nSPS) is 14.0. The summed E-state index contributed by atoms with van der Waals surface area (Å²) >= 11 is 1.45. The monoisotopic (exact) mass is 392 g/mol. The molecule has 1 saturated heterocycles. The van der Waals surface area contributed by atoms with E-state index in [1.165, 1.54) is 11.3 Å². The number of carbonyl (C=O) groups excluding carboxylic acids is 2. The lowest BCUT2D eigenvalue weighted by molar-refractivity contribution is 0.0538. The summed E-state index contributed by atoms with van der Waals surface area (Å²) in [4.78, 5) is 29.7. The molecule has 1 aromatic heterocycles. The van der Waals surface area contributed by atoms with Crippen LogP contribution in [0.25, 0.3) is 0 Å². The van der Waals surface area contributed by atoms with Gasteiger partial charge in [-0.25, -0.2) is 0 Å². The fraction of sp³-hybridized carbons (Fsp3) is 0.182. The molecular formula is C22H20N2O3S. The Kier molecular flexibility index (Phi) is 5.39. The quantitative estimate of drug-likeness (QED) is 0.671. The summed E-state index contributed by atoms with van der Waals surface area (Å²) in [6, 6.07) is 20.4. The maximum Gasteiger partial charge on any atom is 0.264 e. The van der Waals surface area contributed by atoms with Gasteiger partial charge in [0.05, 0.1) is 4.88 Å². The third kappa shape index (κ3) is 4.07. The van der Waals surface area contributed by atoms with Gasteiger partial charge in [-0.3, -0.25) is 9.59 Å². The predicted molar refractivity (Wildman–Crippen MR) is 109 cm³/mol. The van der Waals surface area contributed by atoms with Gasteiger partial charge in [0.1, 0.15) is 11.5 Å². The molecule has 0 radical (unpaired) electrons. The van der Waals surface area contributed by atoms with Gasteiger partial charge < -0.3 is 14.5 Å². The minimum atomic E-state index is -0.0401. The Morgan fingerprint density at radius 3 is 2.11 bits per heavy atom. The first-order valence-corrected chi connectivity index (χ1v) is 10.0. The molecule has 4 rings (SSSR count). The highest BCUT2D eigenvalue weighted by molar-refractivity contribution is 7.12. The van der Waals surface area contributed by atoms with Gasteiger partial charge >= 0.3 is 0 Å². The van der Waals surface area contributed by atoms with Crippen molar-refractivity contribution in [2.45, 2.75) is 0 Å². The molecule has 5 nitrogen and oxygen atoms in total. The Morgan fingerprint density at radius 1 is 0.750 bits per heavy atom. The molecule has 0 aliphatic carbocycles. The summed E-state index contributed by atoms with van der Waals surface area (Å²) in [5, 5.41) is 1.90. The molecule has 1 aliphatic rings. The largest absolute Gasteiger partial charge is 0.457 e. The molecule has 0 unspecified atom stereocenters. The molecule has 2 heterocycles. The minimum absolute atomic E-state index is 0.0401. The van der Waals surface area contributed by atoms with Crippen molar-refractivity contribution in [3.05, 3.63) is 82.6 Å². The first-order chi connectivity index (χ1) is 13.7. The van der Waals surface area contributed by atoms with Crippen LogP contribution >= 0.6 is 11.3 Å². The lowest BCUT2D eigenvalue weighted by Crippen LogP contribution is -2.50. The van der Waals surface area contributed by atoms with Crippen LogP contribution in [0.4, 0.5) is 0 Å². The van der Waals surface area contributed by atoms with E-state index in [1.807, 2.05) is 64.9 Å². The first-order valence-electron chi connectivity index (χ1n) is 9.16. The summed E-state index contributed by atoms with van der Waals surface area (Å²) in [6.07, 6.45) is 0. The summed E-state index contributed by atoms with van der Waals surface area (Å²) in [5.74, 6) is 1.36. The van der Waals surface area contributed by atoms with Crippen LogP contribution in [0, 0.1) is 0 Å². The molecule has 0 bridgehead atoms. The molecule has 0 spiro atoms. The highest BCUT2D eigenvalue weighted by atomic mass is 32.1. The lowest BCUT2D eigenvalue weighted by Gasteiger charge is -2.34. The van der Waals surface area contributed by atoms with E-state index in [0.29, 0.717) is 37.5 Å². The zero-order chi connectivity index (χ0) is 19.3. The SMILES string of the molecule is O=C(c1cccc(Oc2ccccc2)c1)N1CCN(C(=O)c2cccs2)CC1. The summed E-state index contributed by atoms with van der Waals surface area (Å²) < 4.78 is 5.82. The van der Waals surface area contributed by atoms with Crippen LogP contribution in [0.3, 0.4) is 0 Å². The van der Waals surface area contributed by atoms with E-state index >= 15 is 0 Å². The molecule has 0 N–H and O–H groups in total. The topological polar surface area (TPSA) is 49.9 Å². The van der Waals surface area contributed by atoms with Gasteiger partial charge in [0.2, 0.25) is 0 Å². The standard InChI is InChI=1S/C22H20N2O3S/c25-21(17-6-4-9-19(16-17)27-18-7-2-1-3-8-18)23-11-13-24(14-12-23)22(26)20-10-5-15-28-20/h1-10,15-16H,11-14H2. The van der Waals surface area contributed by atoms with Crippen molar-refractivity contribution in [1.29, 1.82) is 0 Å². The molecule has 2 amide bonds. The number of para-hydroxylation sites is 1. The van der Waals surface area contributed by atoms with Crippen LogP contribution in [0.2, 0.25) is 0 Å². The van der Waals surface area contributed by atoms with Crippen molar-refractivity contribution in [1.82, 2.24) is 9.80 Å². The third-order valence-corrected chi connectivity index (χ3v) is 5.50. The maximum atomic E-state index is 12.9. The number of carbonyl (C=O) groups is 2. The number of hydrogen-bond acceptors (Lipinski definition) is 4. The molecule has 1 fully saturated rings. The van der Waals surface area contributed by atoms with Crippen LogP contribution < -0.4 is 4.74 Å². The minimum Gasteiger partial charge on any atom is -0.457 e. The predicted octanol–water partition coefficient (Wildman–Crippen LogP) is 4.14. The van der Waals surface area contributed by atoms with Crippen molar-refractivity contribution in [2.75, 3.05) is 26.2 Å². The van der Waals surface area contributed by atoms with Crippen molar-refractivity contribution in [2.24, 2.45) is 0 Å². The van der Waals surface area contributed by atoms with E-state index in [9.17, 15) is 9.59 Å². The van der Waals surface area contributed by atoms with Crippen LogP contribution in [0.1, 0.15) is 20.0 Å². The fourth-order valence-corrected chi connectivity index (χ4v) is 3.86. The number of rotatable bonds is 4. The average Bonchev–Trinajstić information content (AvgIpc) is 3.29. The number of ether oxygens (including phenoxy) is 1. The van der Waals surface area contributed by atoms with E-state index in [4.69, 9.17) is 4.74 Å². The Bertz CT molecular complexity index is 949. The van der Waals surface area contributed by atoms with E-state index in [1.54, 1.807) is 17.0 Å². The Labute approximate surface area is 167 Å². The zero-order valence-corrected chi connectivity index (χ0v) is 16.1. The van der Waals surface area contributed by atoms with E-state index in [-0.39, 0.29) is 11.8 Å². The van der Waals surface area contributed by atoms with Gasteiger partial charge in [-0.1, -0.05) is 30.3 Å². The van der Waals surface area contributed by atoms with Gasteiger partial charge in [0.15, 0.2) is 0 Å². The number of benzene rings is 2. The third-order valence-electron chi connectivity index (χ3n) is 4.65. The molecule has 0 atom stereocenters. The highest BCUT2D eigenvalue weighted by Gasteiger charge is 2.26. The fourth-order valence-electron chi connectivity index (χ4n) is 3.17. The van der Waals surface area contributed by atoms with Crippen molar-refractivity contribution < 1.29 is 14.3 Å². The molecule has 6 heteroatoms. The van der Waals surface area contributed by atoms with Gasteiger partial charge in [0, 0.05) is 31.7 Å². The molecule has 0 saturated carbocycles. The van der Waals surface area contributed by atoms with Gasteiger partial charge in [-0.05, 0) is 41.8 Å². The number of hydrogen-bond donors (Lipinski definition) is 0. The molecule has 142 valence electrons. The summed E-state index contributed by atoms with van der Waals surface area (Å²) in [7, 11) is 0. The lowest BCUT2D eigenvalue weighted by atomic mass is 10.1.